The van der Waals surface area contributed by atoms with Crippen molar-refractivity contribution in [2.75, 3.05) is 31.1 Å². The molecule has 8 nitrogen and oxygen atoms in total. The standard InChI is InChI=1S/C14H18N8S2/c1-10-18-22(14(23)24-10)9-20-3-5-21(6-4-20)13-11-7-17-19(2)12(11)15-8-16-13/h7-8H,3-6,9H2,1-2H3. The van der Waals surface area contributed by atoms with Crippen molar-refractivity contribution in [2.24, 2.45) is 7.05 Å². The second-order valence-electron chi connectivity index (χ2n) is 5.84. The van der Waals surface area contributed by atoms with Crippen molar-refractivity contribution in [1.82, 2.24) is 34.4 Å². The van der Waals surface area contributed by atoms with Gasteiger partial charge in [0, 0.05) is 33.2 Å². The van der Waals surface area contributed by atoms with Gasteiger partial charge in [0.1, 0.15) is 17.2 Å². The van der Waals surface area contributed by atoms with Gasteiger partial charge in [-0.1, -0.05) is 11.3 Å². The van der Waals surface area contributed by atoms with Crippen LogP contribution >= 0.6 is 23.6 Å². The third-order valence-corrected chi connectivity index (χ3v) is 5.44. The number of fused-ring (bicyclic) bond motifs is 1. The van der Waals surface area contributed by atoms with Gasteiger partial charge in [-0.05, 0) is 19.1 Å². The fourth-order valence-corrected chi connectivity index (χ4v) is 4.05. The van der Waals surface area contributed by atoms with Gasteiger partial charge in [0.25, 0.3) is 0 Å². The van der Waals surface area contributed by atoms with E-state index >= 15 is 0 Å². The molecule has 0 spiro atoms. The van der Waals surface area contributed by atoms with E-state index in [0.29, 0.717) is 0 Å². The number of rotatable bonds is 3. The summed E-state index contributed by atoms with van der Waals surface area (Å²) < 4.78 is 4.53. The molecule has 0 N–H and O–H groups in total. The summed E-state index contributed by atoms with van der Waals surface area (Å²) in [6.45, 7) is 6.47. The third-order valence-electron chi connectivity index (χ3n) is 4.22. The Kier molecular flexibility index (Phi) is 4.02. The average molecular weight is 362 g/mol. The molecule has 0 aromatic carbocycles. The first kappa shape index (κ1) is 15.6. The lowest BCUT2D eigenvalue weighted by molar-refractivity contribution is 0.194. The van der Waals surface area contributed by atoms with Crippen molar-refractivity contribution in [2.45, 2.75) is 13.6 Å². The van der Waals surface area contributed by atoms with Crippen molar-refractivity contribution in [3.63, 3.8) is 0 Å². The molecule has 0 atom stereocenters. The van der Waals surface area contributed by atoms with Crippen molar-refractivity contribution in [1.29, 1.82) is 0 Å². The number of aryl methyl sites for hydroxylation is 2. The highest BCUT2D eigenvalue weighted by atomic mass is 32.1. The monoisotopic (exact) mass is 362 g/mol. The summed E-state index contributed by atoms with van der Waals surface area (Å²) in [5.41, 5.74) is 0.867. The highest BCUT2D eigenvalue weighted by Gasteiger charge is 2.21. The van der Waals surface area contributed by atoms with Crippen LogP contribution in [0.2, 0.25) is 0 Å². The SMILES string of the molecule is Cc1nn(CN2CCN(c3ncnc4c3cnn4C)CC2)c(=S)s1. The van der Waals surface area contributed by atoms with Gasteiger partial charge >= 0.3 is 0 Å². The van der Waals surface area contributed by atoms with Crippen molar-refractivity contribution in [3.8, 4) is 0 Å². The number of aromatic nitrogens is 6. The molecule has 1 aliphatic rings. The first-order valence-electron chi connectivity index (χ1n) is 7.76. The molecule has 4 rings (SSSR count). The van der Waals surface area contributed by atoms with Crippen LogP contribution in [0.4, 0.5) is 5.82 Å². The molecule has 0 saturated carbocycles. The fraction of sp³-hybridized carbons (Fsp3) is 0.500. The minimum Gasteiger partial charge on any atom is -0.353 e. The Labute approximate surface area is 148 Å². The average Bonchev–Trinajstić information content (AvgIpc) is 3.11. The first-order chi connectivity index (χ1) is 11.6. The summed E-state index contributed by atoms with van der Waals surface area (Å²) in [6.07, 6.45) is 3.46. The number of anilines is 1. The van der Waals surface area contributed by atoms with E-state index in [1.165, 1.54) is 0 Å². The van der Waals surface area contributed by atoms with Crippen LogP contribution in [0, 0.1) is 10.9 Å². The summed E-state index contributed by atoms with van der Waals surface area (Å²) in [7, 11) is 1.90. The highest BCUT2D eigenvalue weighted by molar-refractivity contribution is 7.73. The van der Waals surface area contributed by atoms with Crippen LogP contribution in [0.25, 0.3) is 11.0 Å². The molecule has 0 amide bonds. The Hall–Kier alpha value is -1.91. The zero-order valence-electron chi connectivity index (χ0n) is 13.6. The smallest absolute Gasteiger partial charge is 0.180 e. The van der Waals surface area contributed by atoms with Crippen LogP contribution in [0.1, 0.15) is 5.01 Å². The molecule has 1 fully saturated rings. The molecule has 1 aliphatic heterocycles. The lowest BCUT2D eigenvalue weighted by Crippen LogP contribution is -2.47. The van der Waals surface area contributed by atoms with Crippen molar-refractivity contribution >= 4 is 40.4 Å². The zero-order valence-corrected chi connectivity index (χ0v) is 15.2. The molecule has 0 bridgehead atoms. The molecule has 3 aromatic heterocycles. The van der Waals surface area contributed by atoms with E-state index in [1.807, 2.05) is 24.9 Å². The Morgan fingerprint density at radius 3 is 2.71 bits per heavy atom. The first-order valence-corrected chi connectivity index (χ1v) is 8.99. The van der Waals surface area contributed by atoms with Crippen LogP contribution in [-0.2, 0) is 13.7 Å². The Morgan fingerprint density at radius 2 is 2.00 bits per heavy atom. The molecule has 0 aliphatic carbocycles. The molecule has 1 saturated heterocycles. The van der Waals surface area contributed by atoms with Crippen LogP contribution in [0.3, 0.4) is 0 Å². The maximum Gasteiger partial charge on any atom is 0.180 e. The van der Waals surface area contributed by atoms with Gasteiger partial charge in [-0.15, -0.1) is 0 Å². The predicted molar refractivity (Wildman–Crippen MR) is 95.8 cm³/mol. The van der Waals surface area contributed by atoms with Gasteiger partial charge in [-0.3, -0.25) is 9.58 Å². The van der Waals surface area contributed by atoms with Crippen LogP contribution in [0.5, 0.6) is 0 Å². The summed E-state index contributed by atoms with van der Waals surface area (Å²) in [6, 6.07) is 0. The lowest BCUT2D eigenvalue weighted by atomic mass is 10.3. The topological polar surface area (TPSA) is 67.9 Å². The van der Waals surface area contributed by atoms with Crippen molar-refractivity contribution < 1.29 is 0 Å². The maximum atomic E-state index is 5.35. The summed E-state index contributed by atoms with van der Waals surface area (Å²) in [5, 5.41) is 10.8. The third kappa shape index (κ3) is 2.80. The molecular weight excluding hydrogens is 344 g/mol. The zero-order chi connectivity index (χ0) is 16.7. The number of nitrogens with zero attached hydrogens (tertiary/aromatic N) is 8. The molecule has 0 unspecified atom stereocenters. The summed E-state index contributed by atoms with van der Waals surface area (Å²) >= 11 is 6.91. The Bertz CT molecular complexity index is 918. The van der Waals surface area contributed by atoms with Crippen LogP contribution < -0.4 is 4.90 Å². The van der Waals surface area contributed by atoms with E-state index in [-0.39, 0.29) is 0 Å². The minimum atomic E-state index is 0.753. The molecule has 24 heavy (non-hydrogen) atoms. The number of hydrogen-bond acceptors (Lipinski definition) is 8. The Balaban J connectivity index is 1.47. The molecule has 126 valence electrons. The van der Waals surface area contributed by atoms with E-state index in [2.05, 4.69) is 30.0 Å². The summed E-state index contributed by atoms with van der Waals surface area (Å²) in [4.78, 5) is 13.5. The van der Waals surface area contributed by atoms with Gasteiger partial charge < -0.3 is 4.90 Å². The van der Waals surface area contributed by atoms with Gasteiger partial charge in [0.2, 0.25) is 0 Å². The Morgan fingerprint density at radius 1 is 1.21 bits per heavy atom. The van der Waals surface area contributed by atoms with E-state index < -0.39 is 0 Å². The van der Waals surface area contributed by atoms with Gasteiger partial charge in [-0.2, -0.15) is 10.2 Å². The second kappa shape index (κ2) is 6.19. The second-order valence-corrected chi connectivity index (χ2v) is 7.66. The van der Waals surface area contributed by atoms with Crippen LogP contribution in [0.15, 0.2) is 12.5 Å². The van der Waals surface area contributed by atoms with E-state index in [4.69, 9.17) is 12.2 Å². The minimum absolute atomic E-state index is 0.753. The number of hydrogen-bond donors (Lipinski definition) is 0. The lowest BCUT2D eigenvalue weighted by Gasteiger charge is -2.35. The van der Waals surface area contributed by atoms with Crippen molar-refractivity contribution in [3.05, 3.63) is 21.5 Å². The van der Waals surface area contributed by atoms with Gasteiger partial charge in [-0.25, -0.2) is 14.6 Å². The van der Waals surface area contributed by atoms with Gasteiger partial charge in [0.05, 0.1) is 18.3 Å². The predicted octanol–water partition coefficient (Wildman–Crippen LogP) is 1.44. The molecule has 0 radical (unpaired) electrons. The molecule has 3 aromatic rings. The van der Waals surface area contributed by atoms with Crippen LogP contribution in [-0.4, -0.2) is 60.6 Å². The number of piperazine rings is 1. The van der Waals surface area contributed by atoms with E-state index in [1.54, 1.807) is 22.3 Å². The molecule has 4 heterocycles. The largest absolute Gasteiger partial charge is 0.353 e. The molecule has 10 heteroatoms. The highest BCUT2D eigenvalue weighted by Crippen LogP contribution is 2.23. The van der Waals surface area contributed by atoms with E-state index in [0.717, 1.165) is 58.7 Å². The molecular formula is C14H18N8S2. The quantitative estimate of drug-likeness (QED) is 0.653. The maximum absolute atomic E-state index is 5.35. The van der Waals surface area contributed by atoms with Gasteiger partial charge in [0.15, 0.2) is 9.60 Å². The van der Waals surface area contributed by atoms with E-state index in [9.17, 15) is 0 Å². The summed E-state index contributed by atoms with van der Waals surface area (Å²) in [5.74, 6) is 0.967. The normalized spacial score (nSPS) is 16.2. The fourth-order valence-electron chi connectivity index (χ4n) is 2.99.